The lowest BCUT2D eigenvalue weighted by Gasteiger charge is -2.14. The van der Waals surface area contributed by atoms with Gasteiger partial charge in [0.25, 0.3) is 11.5 Å². The van der Waals surface area contributed by atoms with Gasteiger partial charge >= 0.3 is 6.18 Å². The number of hydrogen-bond donors (Lipinski definition) is 1. The Kier molecular flexibility index (Phi) is 7.17. The van der Waals surface area contributed by atoms with Crippen molar-refractivity contribution in [2.24, 2.45) is 7.05 Å². The van der Waals surface area contributed by atoms with Crippen molar-refractivity contribution < 1.29 is 18.0 Å². The first-order valence-electron chi connectivity index (χ1n) is 12.4. The van der Waals surface area contributed by atoms with E-state index in [0.717, 1.165) is 40.0 Å². The van der Waals surface area contributed by atoms with Crippen LogP contribution in [0.2, 0.25) is 0 Å². The first-order chi connectivity index (χ1) is 19.1. The highest BCUT2D eigenvalue weighted by Gasteiger charge is 2.31. The van der Waals surface area contributed by atoms with Gasteiger partial charge in [0.05, 0.1) is 11.1 Å². The van der Waals surface area contributed by atoms with Crippen LogP contribution in [-0.2, 0) is 26.1 Å². The minimum Gasteiger partial charge on any atom is -0.322 e. The summed E-state index contributed by atoms with van der Waals surface area (Å²) < 4.78 is 40.8. The van der Waals surface area contributed by atoms with Crippen molar-refractivity contribution >= 4 is 22.5 Å². The number of amides is 1. The third-order valence-electron chi connectivity index (χ3n) is 6.68. The molecule has 2 aromatic carbocycles. The van der Waals surface area contributed by atoms with Crippen LogP contribution in [0.25, 0.3) is 22.0 Å². The fraction of sp³-hybridized carbons (Fsp3) is 0.167. The molecule has 0 spiro atoms. The van der Waals surface area contributed by atoms with E-state index in [1.165, 1.54) is 18.5 Å². The van der Waals surface area contributed by atoms with Crippen LogP contribution in [0, 0.1) is 6.92 Å². The number of benzene rings is 2. The number of anilines is 1. The number of alkyl halides is 3. The summed E-state index contributed by atoms with van der Waals surface area (Å²) >= 11 is 0. The van der Waals surface area contributed by atoms with E-state index in [2.05, 4.69) is 20.3 Å². The monoisotopic (exact) mass is 543 g/mol. The second-order valence-corrected chi connectivity index (χ2v) is 9.42. The predicted molar refractivity (Wildman–Crippen MR) is 146 cm³/mol. The Labute approximate surface area is 227 Å². The molecule has 0 atom stereocenters. The molecule has 0 aliphatic carbocycles. The molecule has 0 aliphatic heterocycles. The number of pyridine rings is 2. The molecule has 0 radical (unpaired) electrons. The number of nitrogens with one attached hydrogen (secondary N) is 1. The van der Waals surface area contributed by atoms with Crippen LogP contribution in [0.3, 0.4) is 0 Å². The summed E-state index contributed by atoms with van der Waals surface area (Å²) in [6, 6.07) is 14.7. The summed E-state index contributed by atoms with van der Waals surface area (Å²) in [4.78, 5) is 38.9. The van der Waals surface area contributed by atoms with E-state index in [1.807, 2.05) is 19.1 Å². The van der Waals surface area contributed by atoms with Gasteiger partial charge in [-0.1, -0.05) is 12.1 Å². The van der Waals surface area contributed by atoms with Crippen molar-refractivity contribution in [1.29, 1.82) is 0 Å². The van der Waals surface area contributed by atoms with Gasteiger partial charge in [-0.3, -0.25) is 14.6 Å². The molecule has 0 saturated carbocycles. The number of carbonyl (C=O) groups is 1. The Morgan fingerprint density at radius 2 is 1.75 bits per heavy atom. The molecule has 0 aliphatic rings. The maximum Gasteiger partial charge on any atom is 0.416 e. The molecule has 1 N–H and O–H groups in total. The van der Waals surface area contributed by atoms with Crippen LogP contribution >= 0.6 is 0 Å². The van der Waals surface area contributed by atoms with Crippen LogP contribution < -0.4 is 10.9 Å². The average Bonchev–Trinajstić information content (AvgIpc) is 2.95. The molecule has 3 aromatic heterocycles. The topological polar surface area (TPSA) is 89.8 Å². The lowest BCUT2D eigenvalue weighted by atomic mass is 9.99. The number of aromatic nitrogens is 4. The first kappa shape index (κ1) is 26.7. The molecule has 10 heteroatoms. The summed E-state index contributed by atoms with van der Waals surface area (Å²) in [5, 5.41) is 3.41. The molecule has 1 amide bonds. The van der Waals surface area contributed by atoms with Crippen molar-refractivity contribution in [2.75, 3.05) is 5.32 Å². The van der Waals surface area contributed by atoms with Crippen LogP contribution in [0.4, 0.5) is 18.9 Å². The third-order valence-corrected chi connectivity index (χ3v) is 6.68. The Hall–Kier alpha value is -4.86. The minimum absolute atomic E-state index is 0.125. The maximum atomic E-state index is 13.4. The predicted octanol–water partition coefficient (Wildman–Crippen LogP) is 5.76. The molecule has 0 saturated heterocycles. The molecule has 0 fully saturated rings. The van der Waals surface area contributed by atoms with Gasteiger partial charge < -0.3 is 9.88 Å². The molecule has 5 rings (SSSR count). The number of hydrogen-bond acceptors (Lipinski definition) is 5. The van der Waals surface area contributed by atoms with Crippen molar-refractivity contribution in [3.05, 3.63) is 118 Å². The zero-order chi connectivity index (χ0) is 28.4. The van der Waals surface area contributed by atoms with E-state index in [4.69, 9.17) is 0 Å². The Morgan fingerprint density at radius 1 is 0.950 bits per heavy atom. The van der Waals surface area contributed by atoms with Crippen molar-refractivity contribution in [1.82, 2.24) is 19.5 Å². The molecule has 7 nitrogen and oxygen atoms in total. The summed E-state index contributed by atoms with van der Waals surface area (Å²) in [6.45, 7) is 1.84. The number of nitrogens with zero attached hydrogens (tertiary/aromatic N) is 4. The highest BCUT2D eigenvalue weighted by Crippen LogP contribution is 2.30. The molecule has 0 bridgehead atoms. The SMILES string of the molecule is Cc1ccc(NC(=O)c2cccc(C(F)(F)F)c2)cc1-c1cc2cnc(CCc3ccncn3)cc2n(C)c1=O. The van der Waals surface area contributed by atoms with E-state index in [9.17, 15) is 22.8 Å². The maximum absolute atomic E-state index is 13.4. The van der Waals surface area contributed by atoms with Crippen LogP contribution in [0.15, 0.2) is 84.2 Å². The van der Waals surface area contributed by atoms with Crippen molar-refractivity contribution in [2.45, 2.75) is 25.9 Å². The highest BCUT2D eigenvalue weighted by atomic mass is 19.4. The number of halogens is 3. The van der Waals surface area contributed by atoms with E-state index in [0.29, 0.717) is 29.7 Å². The summed E-state index contributed by atoms with van der Waals surface area (Å²) in [7, 11) is 1.69. The molecular weight excluding hydrogens is 519 g/mol. The molecular formula is C30H24F3N5O2. The molecule has 202 valence electrons. The molecule has 3 heterocycles. The number of fused-ring (bicyclic) bond motifs is 1. The second-order valence-electron chi connectivity index (χ2n) is 9.42. The van der Waals surface area contributed by atoms with Crippen molar-refractivity contribution in [3.8, 4) is 11.1 Å². The summed E-state index contributed by atoms with van der Waals surface area (Å²) in [5.74, 6) is -0.689. The van der Waals surface area contributed by atoms with Gasteiger partial charge in [0.15, 0.2) is 0 Å². The number of carbonyl (C=O) groups excluding carboxylic acids is 1. The van der Waals surface area contributed by atoms with Gasteiger partial charge in [-0.25, -0.2) is 9.97 Å². The first-order valence-corrected chi connectivity index (χ1v) is 12.4. The zero-order valence-corrected chi connectivity index (χ0v) is 21.7. The summed E-state index contributed by atoms with van der Waals surface area (Å²) in [5.41, 5.74) is 3.34. The van der Waals surface area contributed by atoms with Gasteiger partial charge in [-0.2, -0.15) is 13.2 Å². The third kappa shape index (κ3) is 5.61. The quantitative estimate of drug-likeness (QED) is 0.294. The molecule has 0 unspecified atom stereocenters. The van der Waals surface area contributed by atoms with Gasteiger partial charge in [-0.05, 0) is 79.4 Å². The van der Waals surface area contributed by atoms with Crippen LogP contribution in [-0.4, -0.2) is 25.4 Å². The van der Waals surface area contributed by atoms with Crippen LogP contribution in [0.5, 0.6) is 0 Å². The normalized spacial score (nSPS) is 11.5. The van der Waals surface area contributed by atoms with Gasteiger partial charge in [0, 0.05) is 53.0 Å². The van der Waals surface area contributed by atoms with E-state index in [-0.39, 0.29) is 11.1 Å². The van der Waals surface area contributed by atoms with Gasteiger partial charge in [0.2, 0.25) is 0 Å². The lowest BCUT2D eigenvalue weighted by Crippen LogP contribution is -2.20. The number of rotatable bonds is 6. The fourth-order valence-corrected chi connectivity index (χ4v) is 4.49. The Morgan fingerprint density at radius 3 is 2.50 bits per heavy atom. The Bertz CT molecular complexity index is 1780. The van der Waals surface area contributed by atoms with E-state index in [1.54, 1.807) is 48.3 Å². The van der Waals surface area contributed by atoms with Gasteiger partial charge in [-0.15, -0.1) is 0 Å². The van der Waals surface area contributed by atoms with Crippen LogP contribution in [0.1, 0.15) is 32.9 Å². The largest absolute Gasteiger partial charge is 0.416 e. The van der Waals surface area contributed by atoms with Crippen molar-refractivity contribution in [3.63, 3.8) is 0 Å². The number of aryl methyl sites for hydroxylation is 4. The van der Waals surface area contributed by atoms with Gasteiger partial charge in [0.1, 0.15) is 6.33 Å². The Balaban J connectivity index is 1.44. The second kappa shape index (κ2) is 10.7. The zero-order valence-electron chi connectivity index (χ0n) is 21.7. The molecule has 40 heavy (non-hydrogen) atoms. The fourth-order valence-electron chi connectivity index (χ4n) is 4.49. The van der Waals surface area contributed by atoms with E-state index >= 15 is 0 Å². The van der Waals surface area contributed by atoms with E-state index < -0.39 is 17.6 Å². The summed E-state index contributed by atoms with van der Waals surface area (Å²) in [6.07, 6.45) is 1.69. The smallest absolute Gasteiger partial charge is 0.322 e. The highest BCUT2D eigenvalue weighted by molar-refractivity contribution is 6.04. The minimum atomic E-state index is -4.56. The average molecular weight is 544 g/mol. The lowest BCUT2D eigenvalue weighted by molar-refractivity contribution is -0.137. The standard InChI is InChI=1S/C30H24F3N5O2/c1-18-6-7-24(37-28(39)19-4-3-5-21(12-19)30(31,32)33)14-25(18)26-13-20-16-35-23(15-27(20)38(2)29(26)40)9-8-22-10-11-34-17-36-22/h3-7,10-17H,8-9H2,1-2H3,(H,37,39). The molecule has 5 aromatic rings.